The van der Waals surface area contributed by atoms with Crippen molar-refractivity contribution >= 4 is 45.4 Å². The van der Waals surface area contributed by atoms with E-state index in [9.17, 15) is 9.59 Å². The summed E-state index contributed by atoms with van der Waals surface area (Å²) < 4.78 is 0. The van der Waals surface area contributed by atoms with E-state index in [-0.39, 0.29) is 11.9 Å². The molecule has 7 heteroatoms. The van der Waals surface area contributed by atoms with Crippen molar-refractivity contribution in [3.63, 3.8) is 0 Å². The van der Waals surface area contributed by atoms with Gasteiger partial charge in [0.05, 0.1) is 0 Å². The fourth-order valence-electron chi connectivity index (χ4n) is 5.11. The summed E-state index contributed by atoms with van der Waals surface area (Å²) in [7, 11) is 0. The van der Waals surface area contributed by atoms with Gasteiger partial charge in [-0.05, 0) is 66.9 Å². The van der Waals surface area contributed by atoms with Gasteiger partial charge in [-0.1, -0.05) is 71.1 Å². The first-order valence-corrected chi connectivity index (χ1v) is 14.2. The van der Waals surface area contributed by atoms with Crippen molar-refractivity contribution in [2.45, 2.75) is 37.6 Å². The van der Waals surface area contributed by atoms with Crippen LogP contribution in [0.25, 0.3) is 10.9 Å². The molecule has 3 amide bonds. The highest BCUT2D eigenvalue weighted by Crippen LogP contribution is 2.28. The van der Waals surface area contributed by atoms with Crippen LogP contribution in [-0.2, 0) is 11.2 Å². The Kier molecular flexibility index (Phi) is 8.61. The zero-order valence-corrected chi connectivity index (χ0v) is 21.8. The number of nitrogens with zero attached hydrogens (tertiary/aromatic N) is 2. The first kappa shape index (κ1) is 24.7. The number of piperidine rings is 1. The molecule has 1 unspecified atom stereocenters. The third-order valence-corrected chi connectivity index (χ3v) is 6.92. The number of aromatic amines is 1. The molecule has 1 atom stereocenters. The molecule has 2 N–H and O–H groups in total. The van der Waals surface area contributed by atoms with Crippen molar-refractivity contribution in [2.75, 3.05) is 31.1 Å². The van der Waals surface area contributed by atoms with Crippen LogP contribution in [0, 0.1) is 0 Å². The van der Waals surface area contributed by atoms with E-state index in [1.54, 1.807) is 0 Å². The van der Waals surface area contributed by atoms with Crippen molar-refractivity contribution in [1.82, 2.24) is 20.1 Å². The molecule has 180 valence electrons. The van der Waals surface area contributed by atoms with Crippen molar-refractivity contribution in [2.24, 2.45) is 0 Å². The Morgan fingerprint density at radius 2 is 1.65 bits per heavy atom. The second-order valence-electron chi connectivity index (χ2n) is 8.94. The van der Waals surface area contributed by atoms with E-state index in [2.05, 4.69) is 68.1 Å². The van der Waals surface area contributed by atoms with Crippen LogP contribution in [0.15, 0.2) is 60.8 Å². The maximum Gasteiger partial charge on any atom is 0.324 e. The molecule has 1 aromatic heterocycles. The normalized spacial score (nSPS) is 19.2. The van der Waals surface area contributed by atoms with E-state index < -0.39 is 6.04 Å². The molecule has 2 aliphatic heterocycles. The van der Waals surface area contributed by atoms with Crippen LogP contribution in [0.5, 0.6) is 0 Å². The molecule has 3 heterocycles. The first-order valence-electron chi connectivity index (χ1n) is 12.0. The SMILES string of the molecule is CI.O=C1NC(Cc2c[nH]c3ccccc23)C(=O)N1CCCN1CCC(c2ccccc2)CC1. The van der Waals surface area contributed by atoms with Gasteiger partial charge in [0.25, 0.3) is 5.91 Å². The van der Waals surface area contributed by atoms with Crippen LogP contribution >= 0.6 is 22.6 Å². The molecular formula is C27H33IN4O2. The molecule has 5 rings (SSSR count). The van der Waals surface area contributed by atoms with E-state index >= 15 is 0 Å². The number of H-pyrrole nitrogens is 1. The van der Waals surface area contributed by atoms with Crippen LogP contribution < -0.4 is 5.32 Å². The Labute approximate surface area is 215 Å². The lowest BCUT2D eigenvalue weighted by Crippen LogP contribution is -2.37. The van der Waals surface area contributed by atoms with Gasteiger partial charge in [-0.2, -0.15) is 0 Å². The molecule has 0 saturated carbocycles. The predicted molar refractivity (Wildman–Crippen MR) is 145 cm³/mol. The molecule has 0 bridgehead atoms. The number of carbonyl (C=O) groups excluding carboxylic acids is 2. The van der Waals surface area contributed by atoms with Gasteiger partial charge in [-0.3, -0.25) is 9.69 Å². The Balaban J connectivity index is 0.00000133. The molecular weight excluding hydrogens is 539 g/mol. The minimum atomic E-state index is -0.483. The Hall–Kier alpha value is -2.39. The summed E-state index contributed by atoms with van der Waals surface area (Å²) in [5, 5.41) is 3.98. The van der Waals surface area contributed by atoms with E-state index in [1.807, 2.05) is 35.4 Å². The van der Waals surface area contributed by atoms with Crippen molar-refractivity contribution in [3.05, 3.63) is 71.9 Å². The second-order valence-corrected chi connectivity index (χ2v) is 8.94. The molecule has 0 aliphatic carbocycles. The highest BCUT2D eigenvalue weighted by Gasteiger charge is 2.37. The number of fused-ring (bicyclic) bond motifs is 1. The third kappa shape index (κ3) is 5.63. The maximum atomic E-state index is 12.9. The van der Waals surface area contributed by atoms with Gasteiger partial charge in [0.15, 0.2) is 0 Å². The molecule has 34 heavy (non-hydrogen) atoms. The molecule has 2 aliphatic rings. The predicted octanol–water partition coefficient (Wildman–Crippen LogP) is 4.95. The standard InChI is InChI=1S/C26H30N4O2.CH3I/c31-25-24(17-21-18-27-23-10-5-4-9-22(21)23)28-26(32)30(25)14-6-13-29-15-11-20(12-16-29)19-7-2-1-3-8-19;1-2/h1-5,7-10,18,20,24,27H,6,11-17H2,(H,28,32);1H3. The number of rotatable bonds is 7. The lowest BCUT2D eigenvalue weighted by molar-refractivity contribution is -0.127. The zero-order valence-electron chi connectivity index (χ0n) is 19.7. The number of hydrogen-bond donors (Lipinski definition) is 2. The molecule has 0 radical (unpaired) electrons. The Morgan fingerprint density at radius 1 is 0.941 bits per heavy atom. The van der Waals surface area contributed by atoms with E-state index in [1.165, 1.54) is 23.3 Å². The number of aromatic nitrogens is 1. The number of alkyl halides is 1. The number of likely N-dealkylation sites (tertiary alicyclic amines) is 1. The molecule has 6 nitrogen and oxygen atoms in total. The average molecular weight is 572 g/mol. The van der Waals surface area contributed by atoms with Crippen molar-refractivity contribution < 1.29 is 9.59 Å². The van der Waals surface area contributed by atoms with E-state index in [0.29, 0.717) is 18.9 Å². The number of urea groups is 1. The average Bonchev–Trinajstić information content (AvgIpc) is 3.42. The van der Waals surface area contributed by atoms with Crippen LogP contribution in [0.4, 0.5) is 4.79 Å². The Bertz CT molecular complexity index is 1090. The number of amides is 3. The second kappa shape index (κ2) is 11.8. The molecule has 2 saturated heterocycles. The summed E-state index contributed by atoms with van der Waals surface area (Å²) in [5.41, 5.74) is 3.54. The van der Waals surface area contributed by atoms with E-state index in [4.69, 9.17) is 0 Å². The summed E-state index contributed by atoms with van der Waals surface area (Å²) in [6.45, 7) is 3.55. The minimum Gasteiger partial charge on any atom is -0.361 e. The van der Waals surface area contributed by atoms with E-state index in [0.717, 1.165) is 42.5 Å². The maximum absolute atomic E-state index is 12.9. The molecule has 3 aromatic rings. The monoisotopic (exact) mass is 572 g/mol. The van der Waals surface area contributed by atoms with Gasteiger partial charge in [0, 0.05) is 30.1 Å². The minimum absolute atomic E-state index is 0.108. The molecule has 0 spiro atoms. The summed E-state index contributed by atoms with van der Waals surface area (Å²) in [6, 6.07) is 18.0. The number of nitrogens with one attached hydrogen (secondary N) is 2. The van der Waals surface area contributed by atoms with Gasteiger partial charge in [-0.15, -0.1) is 0 Å². The highest BCUT2D eigenvalue weighted by molar-refractivity contribution is 14.1. The zero-order chi connectivity index (χ0) is 23.9. The largest absolute Gasteiger partial charge is 0.361 e. The fourth-order valence-corrected chi connectivity index (χ4v) is 5.11. The van der Waals surface area contributed by atoms with Gasteiger partial charge in [-0.25, -0.2) is 4.79 Å². The summed E-state index contributed by atoms with van der Waals surface area (Å²) in [6.07, 6.45) is 5.60. The number of benzene rings is 2. The number of imide groups is 1. The fraction of sp³-hybridized carbons (Fsp3) is 0.407. The molecule has 2 fully saturated rings. The lowest BCUT2D eigenvalue weighted by atomic mass is 9.89. The van der Waals surface area contributed by atoms with Crippen LogP contribution in [-0.4, -0.2) is 63.9 Å². The van der Waals surface area contributed by atoms with Gasteiger partial charge in [0.1, 0.15) is 6.04 Å². The van der Waals surface area contributed by atoms with Crippen molar-refractivity contribution in [1.29, 1.82) is 0 Å². The number of carbonyl (C=O) groups is 2. The summed E-state index contributed by atoms with van der Waals surface area (Å²) in [4.78, 5) is 34.4. The number of hydrogen-bond acceptors (Lipinski definition) is 3. The summed E-state index contributed by atoms with van der Waals surface area (Å²) >= 11 is 2.15. The topological polar surface area (TPSA) is 68.4 Å². The summed E-state index contributed by atoms with van der Waals surface area (Å²) in [5.74, 6) is 0.534. The number of halogens is 1. The number of para-hydroxylation sites is 1. The third-order valence-electron chi connectivity index (χ3n) is 6.92. The van der Waals surface area contributed by atoms with Crippen molar-refractivity contribution in [3.8, 4) is 0 Å². The van der Waals surface area contributed by atoms with Gasteiger partial charge in [0.2, 0.25) is 0 Å². The Morgan fingerprint density at radius 3 is 2.41 bits per heavy atom. The van der Waals surface area contributed by atoms with Crippen LogP contribution in [0.3, 0.4) is 0 Å². The molecule has 2 aromatic carbocycles. The van der Waals surface area contributed by atoms with Gasteiger partial charge >= 0.3 is 6.03 Å². The smallest absolute Gasteiger partial charge is 0.324 e. The van der Waals surface area contributed by atoms with Crippen LogP contribution in [0.2, 0.25) is 0 Å². The van der Waals surface area contributed by atoms with Crippen LogP contribution in [0.1, 0.15) is 36.3 Å². The highest BCUT2D eigenvalue weighted by atomic mass is 127. The lowest BCUT2D eigenvalue weighted by Gasteiger charge is -2.32. The van der Waals surface area contributed by atoms with Gasteiger partial charge < -0.3 is 15.2 Å². The quantitative estimate of drug-likeness (QED) is 0.239. The first-order chi connectivity index (χ1) is 16.7.